The highest BCUT2D eigenvalue weighted by molar-refractivity contribution is 7.92. The lowest BCUT2D eigenvalue weighted by Crippen LogP contribution is -2.31. The van der Waals surface area contributed by atoms with Gasteiger partial charge in [0.2, 0.25) is 15.8 Å². The van der Waals surface area contributed by atoms with Gasteiger partial charge in [-0.25, -0.2) is 13.2 Å². The number of amides is 3. The molecule has 0 spiro atoms. The van der Waals surface area contributed by atoms with Gasteiger partial charge in [-0.2, -0.15) is 0 Å². The second kappa shape index (κ2) is 8.71. The number of carbonyl (C=O) groups excluding carboxylic acids is 2. The van der Waals surface area contributed by atoms with E-state index >= 15 is 0 Å². The molecule has 0 aliphatic carbocycles. The number of sulfonamides is 1. The molecule has 2 N–H and O–H groups in total. The minimum atomic E-state index is -3.44. The number of urea groups is 1. The largest absolute Gasteiger partial charge is 0.418 e. The van der Waals surface area contributed by atoms with Crippen molar-refractivity contribution in [2.24, 2.45) is 4.99 Å². The van der Waals surface area contributed by atoms with Gasteiger partial charge in [0.1, 0.15) is 0 Å². The van der Waals surface area contributed by atoms with E-state index in [1.54, 1.807) is 28.0 Å². The Hall–Kier alpha value is -3.86. The molecule has 4 rings (SSSR count). The van der Waals surface area contributed by atoms with Crippen LogP contribution in [0.2, 0.25) is 0 Å². The predicted octanol–water partition coefficient (Wildman–Crippen LogP) is 2.16. The third-order valence-corrected chi connectivity index (χ3v) is 5.26. The van der Waals surface area contributed by atoms with E-state index in [-0.39, 0.29) is 11.8 Å². The SMILES string of the molecule is CS(=O)(=O)Nc1cccc(NC(=O)C2=CN3CCN(Cc4ccccc4)C(=O)N=C3O2)c1. The highest BCUT2D eigenvalue weighted by atomic mass is 32.2. The summed E-state index contributed by atoms with van der Waals surface area (Å²) < 4.78 is 30.6. The van der Waals surface area contributed by atoms with Crippen LogP contribution in [0.3, 0.4) is 0 Å². The molecular formula is C21H21N5O5S. The monoisotopic (exact) mass is 455 g/mol. The number of anilines is 2. The van der Waals surface area contributed by atoms with E-state index in [0.717, 1.165) is 11.8 Å². The van der Waals surface area contributed by atoms with E-state index in [1.165, 1.54) is 12.3 Å². The van der Waals surface area contributed by atoms with Crippen molar-refractivity contribution in [3.05, 3.63) is 72.1 Å². The first-order valence-corrected chi connectivity index (χ1v) is 11.6. The van der Waals surface area contributed by atoms with Gasteiger partial charge >= 0.3 is 12.1 Å². The molecule has 0 saturated heterocycles. The van der Waals surface area contributed by atoms with Gasteiger partial charge in [0, 0.05) is 25.3 Å². The fourth-order valence-corrected chi connectivity index (χ4v) is 3.78. The molecule has 3 amide bonds. The molecule has 2 heterocycles. The van der Waals surface area contributed by atoms with Crippen molar-refractivity contribution in [1.82, 2.24) is 9.80 Å². The Morgan fingerprint density at radius 1 is 1.09 bits per heavy atom. The molecule has 0 aromatic heterocycles. The van der Waals surface area contributed by atoms with Gasteiger partial charge in [0.15, 0.2) is 0 Å². The van der Waals surface area contributed by atoms with Crippen LogP contribution in [0.4, 0.5) is 16.2 Å². The number of hydrogen-bond acceptors (Lipinski definition) is 6. The minimum absolute atomic E-state index is 0.0189. The number of carbonyl (C=O) groups is 2. The van der Waals surface area contributed by atoms with Crippen molar-refractivity contribution in [1.29, 1.82) is 0 Å². The van der Waals surface area contributed by atoms with Crippen LogP contribution in [0.15, 0.2) is 71.5 Å². The van der Waals surface area contributed by atoms with Gasteiger partial charge < -0.3 is 15.0 Å². The topological polar surface area (TPSA) is 120 Å². The lowest BCUT2D eigenvalue weighted by atomic mass is 10.2. The molecule has 32 heavy (non-hydrogen) atoms. The van der Waals surface area contributed by atoms with Crippen LogP contribution in [0, 0.1) is 0 Å². The fourth-order valence-electron chi connectivity index (χ4n) is 3.23. The quantitative estimate of drug-likeness (QED) is 0.689. The number of nitrogens with zero attached hydrogens (tertiary/aromatic N) is 3. The summed E-state index contributed by atoms with van der Waals surface area (Å²) in [6, 6.07) is 15.5. The molecule has 0 unspecified atom stereocenters. The molecule has 2 aliphatic heterocycles. The average Bonchev–Trinajstić information content (AvgIpc) is 3.07. The number of hydrogen-bond donors (Lipinski definition) is 2. The molecule has 0 fully saturated rings. The maximum atomic E-state index is 12.6. The van der Waals surface area contributed by atoms with E-state index in [0.29, 0.717) is 31.0 Å². The molecule has 10 nitrogen and oxygen atoms in total. The van der Waals surface area contributed by atoms with Crippen LogP contribution in [-0.4, -0.2) is 55.5 Å². The number of nitrogens with one attached hydrogen (secondary N) is 2. The maximum Gasteiger partial charge on any atom is 0.348 e. The highest BCUT2D eigenvalue weighted by Crippen LogP contribution is 2.21. The van der Waals surface area contributed by atoms with Crippen molar-refractivity contribution in [2.45, 2.75) is 6.54 Å². The summed E-state index contributed by atoms with van der Waals surface area (Å²) in [5.74, 6) is -0.569. The van der Waals surface area contributed by atoms with Crippen molar-refractivity contribution < 1.29 is 22.7 Å². The second-order valence-electron chi connectivity index (χ2n) is 7.28. The summed E-state index contributed by atoms with van der Waals surface area (Å²) in [5, 5.41) is 2.64. The van der Waals surface area contributed by atoms with E-state index in [9.17, 15) is 18.0 Å². The Labute approximate surface area is 185 Å². The third kappa shape index (κ3) is 5.24. The Bertz CT molecular complexity index is 1210. The smallest absolute Gasteiger partial charge is 0.348 e. The first kappa shape index (κ1) is 21.4. The molecule has 2 aromatic rings. The van der Waals surface area contributed by atoms with Gasteiger partial charge in [-0.3, -0.25) is 14.4 Å². The molecule has 11 heteroatoms. The van der Waals surface area contributed by atoms with E-state index in [2.05, 4.69) is 15.0 Å². The molecule has 0 bridgehead atoms. The average molecular weight is 455 g/mol. The summed E-state index contributed by atoms with van der Waals surface area (Å²) >= 11 is 0. The fraction of sp³-hybridized carbons (Fsp3) is 0.190. The molecule has 166 valence electrons. The molecule has 0 atom stereocenters. The van der Waals surface area contributed by atoms with Crippen LogP contribution < -0.4 is 10.0 Å². The molecule has 2 aromatic carbocycles. The van der Waals surface area contributed by atoms with Gasteiger partial charge in [0.05, 0.1) is 18.1 Å². The van der Waals surface area contributed by atoms with Gasteiger partial charge in [-0.05, 0) is 23.8 Å². The summed E-state index contributed by atoms with van der Waals surface area (Å²) in [7, 11) is -3.44. The first-order chi connectivity index (χ1) is 15.3. The van der Waals surface area contributed by atoms with Crippen molar-refractivity contribution in [3.63, 3.8) is 0 Å². The zero-order chi connectivity index (χ0) is 22.7. The summed E-state index contributed by atoms with van der Waals surface area (Å²) in [6.45, 7) is 1.26. The van der Waals surface area contributed by atoms with Crippen LogP contribution in [0.25, 0.3) is 0 Å². The maximum absolute atomic E-state index is 12.6. The van der Waals surface area contributed by atoms with E-state index in [4.69, 9.17) is 4.74 Å². The normalized spacial score (nSPS) is 15.8. The van der Waals surface area contributed by atoms with E-state index < -0.39 is 22.0 Å². The van der Waals surface area contributed by atoms with Crippen LogP contribution in [0.1, 0.15) is 5.56 Å². The third-order valence-electron chi connectivity index (χ3n) is 4.66. The van der Waals surface area contributed by atoms with Crippen LogP contribution in [-0.2, 0) is 26.1 Å². The molecule has 0 radical (unpaired) electrons. The molecule has 0 saturated carbocycles. The number of ether oxygens (including phenoxy) is 1. The number of amidine groups is 1. The lowest BCUT2D eigenvalue weighted by molar-refractivity contribution is -0.114. The van der Waals surface area contributed by atoms with Crippen molar-refractivity contribution in [2.75, 3.05) is 29.4 Å². The van der Waals surface area contributed by atoms with Gasteiger partial charge in [-0.15, -0.1) is 4.99 Å². The van der Waals surface area contributed by atoms with Crippen molar-refractivity contribution in [3.8, 4) is 0 Å². The van der Waals surface area contributed by atoms with E-state index in [1.807, 2.05) is 30.3 Å². The van der Waals surface area contributed by atoms with Crippen LogP contribution >= 0.6 is 0 Å². The highest BCUT2D eigenvalue weighted by Gasteiger charge is 2.31. The second-order valence-corrected chi connectivity index (χ2v) is 9.03. The molecule has 2 aliphatic rings. The van der Waals surface area contributed by atoms with Crippen molar-refractivity contribution >= 4 is 39.4 Å². The number of aliphatic imine (C=N–C) groups is 1. The Balaban J connectivity index is 1.41. The zero-order valence-electron chi connectivity index (χ0n) is 17.2. The lowest BCUT2D eigenvalue weighted by Gasteiger charge is -2.19. The number of rotatable bonds is 6. The van der Waals surface area contributed by atoms with Gasteiger partial charge in [-0.1, -0.05) is 36.4 Å². The van der Waals surface area contributed by atoms with Crippen LogP contribution in [0.5, 0.6) is 0 Å². The summed E-state index contributed by atoms with van der Waals surface area (Å²) in [6.07, 6.45) is 2.53. The summed E-state index contributed by atoms with van der Waals surface area (Å²) in [4.78, 5) is 32.4. The first-order valence-electron chi connectivity index (χ1n) is 9.74. The predicted molar refractivity (Wildman–Crippen MR) is 119 cm³/mol. The Kier molecular flexibility index (Phi) is 5.82. The molecular weight excluding hydrogens is 434 g/mol. The van der Waals surface area contributed by atoms with Gasteiger partial charge in [0.25, 0.3) is 5.91 Å². The standard InChI is InChI=1S/C21H21N5O5S/c1-32(29,30)24-17-9-5-8-16(12-17)22-19(27)18-14-26-11-10-25(20(28)23-21(26)31-18)13-15-6-3-2-4-7-15/h2-9,12,14,24H,10-11,13H2,1H3,(H,22,27). The minimum Gasteiger partial charge on any atom is -0.418 e. The Morgan fingerprint density at radius 2 is 1.84 bits per heavy atom. The number of fused-ring (bicyclic) bond motifs is 1. The summed E-state index contributed by atoms with van der Waals surface area (Å²) in [5.41, 5.74) is 1.68. The number of benzene rings is 2. The Morgan fingerprint density at radius 3 is 2.59 bits per heavy atom. The zero-order valence-corrected chi connectivity index (χ0v) is 18.0.